The Balaban J connectivity index is 1.38. The number of likely N-dealkylation sites (tertiary alicyclic amines) is 1. The Morgan fingerprint density at radius 3 is 2.96 bits per heavy atom. The summed E-state index contributed by atoms with van der Waals surface area (Å²) in [7, 11) is 0. The second kappa shape index (κ2) is 8.71. The fourth-order valence-electron chi connectivity index (χ4n) is 3.65. The van der Waals surface area contributed by atoms with Crippen LogP contribution in [0.3, 0.4) is 0 Å². The van der Waals surface area contributed by atoms with Crippen molar-refractivity contribution in [1.29, 1.82) is 0 Å². The second-order valence-corrected chi connectivity index (χ2v) is 7.49. The maximum absolute atomic E-state index is 13.9. The third-order valence-corrected chi connectivity index (χ3v) is 5.43. The Bertz CT molecular complexity index is 898. The highest BCUT2D eigenvalue weighted by atomic mass is 35.5. The summed E-state index contributed by atoms with van der Waals surface area (Å²) in [4.78, 5) is 6.73. The maximum atomic E-state index is 13.9. The van der Waals surface area contributed by atoms with Gasteiger partial charge in [-0.2, -0.15) is 5.10 Å². The van der Waals surface area contributed by atoms with Gasteiger partial charge in [-0.15, -0.1) is 0 Å². The SMILES string of the molecule is Fc1cccc(Cl)c1COc1cccc(CN2CCCC(c3ncn[nH]3)C2)c1. The number of hydrogen-bond acceptors (Lipinski definition) is 4. The number of aromatic amines is 1. The zero-order valence-corrected chi connectivity index (χ0v) is 16.2. The minimum atomic E-state index is -0.351. The molecule has 1 fully saturated rings. The molecule has 0 radical (unpaired) electrons. The molecule has 1 N–H and O–H groups in total. The Kier molecular flexibility index (Phi) is 5.88. The van der Waals surface area contributed by atoms with Crippen LogP contribution < -0.4 is 4.74 Å². The lowest BCUT2D eigenvalue weighted by molar-refractivity contribution is 0.196. The minimum Gasteiger partial charge on any atom is -0.489 e. The second-order valence-electron chi connectivity index (χ2n) is 7.08. The molecule has 1 aliphatic rings. The van der Waals surface area contributed by atoms with Crippen LogP contribution in [-0.2, 0) is 13.2 Å². The molecule has 2 aromatic carbocycles. The van der Waals surface area contributed by atoms with Crippen molar-refractivity contribution >= 4 is 11.6 Å². The van der Waals surface area contributed by atoms with Crippen LogP contribution in [0.4, 0.5) is 4.39 Å². The molecular weight excluding hydrogens is 379 g/mol. The van der Waals surface area contributed by atoms with Gasteiger partial charge in [-0.1, -0.05) is 29.8 Å². The molecule has 1 aromatic heterocycles. The van der Waals surface area contributed by atoms with E-state index in [0.29, 0.717) is 22.3 Å². The van der Waals surface area contributed by atoms with Gasteiger partial charge in [0.1, 0.15) is 30.3 Å². The molecule has 0 saturated carbocycles. The molecule has 5 nitrogen and oxygen atoms in total. The lowest BCUT2D eigenvalue weighted by Crippen LogP contribution is -2.34. The first kappa shape index (κ1) is 18.9. The third kappa shape index (κ3) is 4.51. The third-order valence-electron chi connectivity index (χ3n) is 5.08. The smallest absolute Gasteiger partial charge is 0.137 e. The lowest BCUT2D eigenvalue weighted by atomic mass is 9.97. The summed E-state index contributed by atoms with van der Waals surface area (Å²) in [6.45, 7) is 2.94. The predicted molar refractivity (Wildman–Crippen MR) is 106 cm³/mol. The average molecular weight is 401 g/mol. The molecule has 7 heteroatoms. The normalized spacial score (nSPS) is 17.6. The molecule has 4 rings (SSSR count). The van der Waals surface area contributed by atoms with E-state index in [9.17, 15) is 4.39 Å². The standard InChI is InChI=1S/C21H22ClFN4O/c22-19-7-2-8-20(23)18(19)13-28-17-6-1-4-15(10-17)11-27-9-3-5-16(12-27)21-24-14-25-26-21/h1-2,4,6-8,10,14,16H,3,5,9,11-13H2,(H,24,25,26). The van der Waals surface area contributed by atoms with Gasteiger partial charge in [0, 0.05) is 24.6 Å². The predicted octanol–water partition coefficient (Wildman–Crippen LogP) is 4.56. The molecule has 1 saturated heterocycles. The Hall–Kier alpha value is -2.44. The fourth-order valence-corrected chi connectivity index (χ4v) is 3.87. The Morgan fingerprint density at radius 1 is 1.25 bits per heavy atom. The van der Waals surface area contributed by atoms with E-state index in [1.54, 1.807) is 18.5 Å². The zero-order valence-electron chi connectivity index (χ0n) is 15.4. The number of halogens is 2. The van der Waals surface area contributed by atoms with Gasteiger partial charge in [0.25, 0.3) is 0 Å². The number of aromatic nitrogens is 3. The summed E-state index contributed by atoms with van der Waals surface area (Å²) in [6, 6.07) is 12.6. The molecule has 1 unspecified atom stereocenters. The van der Waals surface area contributed by atoms with E-state index >= 15 is 0 Å². The summed E-state index contributed by atoms with van der Waals surface area (Å²) < 4.78 is 19.7. The zero-order chi connectivity index (χ0) is 19.3. The summed E-state index contributed by atoms with van der Waals surface area (Å²) in [6.07, 6.45) is 3.82. The van der Waals surface area contributed by atoms with Gasteiger partial charge >= 0.3 is 0 Å². The molecule has 2 heterocycles. The van der Waals surface area contributed by atoms with Crippen molar-refractivity contribution in [3.8, 4) is 5.75 Å². The van der Waals surface area contributed by atoms with Crippen LogP contribution in [0.5, 0.6) is 5.75 Å². The molecule has 1 atom stereocenters. The molecule has 28 heavy (non-hydrogen) atoms. The van der Waals surface area contributed by atoms with Crippen molar-refractivity contribution < 1.29 is 9.13 Å². The van der Waals surface area contributed by atoms with Gasteiger partial charge in [0.05, 0.1) is 5.02 Å². The number of rotatable bonds is 6. The average Bonchev–Trinajstić information content (AvgIpc) is 3.23. The number of piperidine rings is 1. The van der Waals surface area contributed by atoms with Crippen molar-refractivity contribution in [1.82, 2.24) is 20.1 Å². The molecule has 0 aliphatic carbocycles. The van der Waals surface area contributed by atoms with Crippen molar-refractivity contribution in [2.75, 3.05) is 13.1 Å². The molecule has 0 bridgehead atoms. The van der Waals surface area contributed by atoms with E-state index in [1.807, 2.05) is 18.2 Å². The van der Waals surface area contributed by atoms with Crippen molar-refractivity contribution in [3.63, 3.8) is 0 Å². The van der Waals surface area contributed by atoms with E-state index in [4.69, 9.17) is 16.3 Å². The van der Waals surface area contributed by atoms with Crippen LogP contribution in [0.2, 0.25) is 5.02 Å². The van der Waals surface area contributed by atoms with Crippen LogP contribution in [0.15, 0.2) is 48.8 Å². The number of hydrogen-bond donors (Lipinski definition) is 1. The number of H-pyrrole nitrogens is 1. The quantitative estimate of drug-likeness (QED) is 0.659. The van der Waals surface area contributed by atoms with Crippen LogP contribution in [0.1, 0.15) is 35.7 Å². The Morgan fingerprint density at radius 2 is 2.14 bits per heavy atom. The van der Waals surface area contributed by atoms with Gasteiger partial charge in [0.15, 0.2) is 0 Å². The lowest BCUT2D eigenvalue weighted by Gasteiger charge is -2.31. The van der Waals surface area contributed by atoms with E-state index in [1.165, 1.54) is 6.07 Å². The largest absolute Gasteiger partial charge is 0.489 e. The first-order valence-electron chi connectivity index (χ1n) is 9.41. The topological polar surface area (TPSA) is 54.0 Å². The van der Waals surface area contributed by atoms with Crippen LogP contribution in [-0.4, -0.2) is 33.2 Å². The van der Waals surface area contributed by atoms with E-state index in [0.717, 1.165) is 43.9 Å². The van der Waals surface area contributed by atoms with Crippen molar-refractivity contribution in [2.45, 2.75) is 31.9 Å². The first-order valence-corrected chi connectivity index (χ1v) is 9.79. The molecule has 146 valence electrons. The van der Waals surface area contributed by atoms with Crippen LogP contribution in [0.25, 0.3) is 0 Å². The molecule has 0 amide bonds. The monoisotopic (exact) mass is 400 g/mol. The molecule has 1 aliphatic heterocycles. The molecule has 3 aromatic rings. The van der Waals surface area contributed by atoms with Crippen molar-refractivity contribution in [3.05, 3.63) is 76.6 Å². The van der Waals surface area contributed by atoms with Crippen molar-refractivity contribution in [2.24, 2.45) is 0 Å². The van der Waals surface area contributed by atoms with Gasteiger partial charge in [-0.05, 0) is 49.2 Å². The minimum absolute atomic E-state index is 0.103. The first-order chi connectivity index (χ1) is 13.7. The highest BCUT2D eigenvalue weighted by Gasteiger charge is 2.23. The van der Waals surface area contributed by atoms with Gasteiger partial charge in [0.2, 0.25) is 0 Å². The van der Waals surface area contributed by atoms with E-state index in [-0.39, 0.29) is 12.4 Å². The van der Waals surface area contributed by atoms with E-state index in [2.05, 4.69) is 26.1 Å². The van der Waals surface area contributed by atoms with Gasteiger partial charge in [-0.25, -0.2) is 9.37 Å². The van der Waals surface area contributed by atoms with Crippen LogP contribution >= 0.6 is 11.6 Å². The number of nitrogens with zero attached hydrogens (tertiary/aromatic N) is 3. The molecule has 0 spiro atoms. The number of benzene rings is 2. The maximum Gasteiger partial charge on any atom is 0.137 e. The summed E-state index contributed by atoms with van der Waals surface area (Å²) in [5, 5.41) is 7.34. The van der Waals surface area contributed by atoms with Crippen LogP contribution in [0, 0.1) is 5.82 Å². The van der Waals surface area contributed by atoms with E-state index < -0.39 is 0 Å². The highest BCUT2D eigenvalue weighted by molar-refractivity contribution is 6.31. The summed E-state index contributed by atoms with van der Waals surface area (Å²) in [5.74, 6) is 1.71. The van der Waals surface area contributed by atoms with Gasteiger partial charge in [-0.3, -0.25) is 10.00 Å². The molecular formula is C21H22ClFN4O. The Labute approximate surface area is 168 Å². The highest BCUT2D eigenvalue weighted by Crippen LogP contribution is 2.26. The summed E-state index contributed by atoms with van der Waals surface area (Å²) in [5.41, 5.74) is 1.54. The number of ether oxygens (including phenoxy) is 1. The number of nitrogens with one attached hydrogen (secondary N) is 1. The van der Waals surface area contributed by atoms with Gasteiger partial charge < -0.3 is 4.74 Å². The fraction of sp³-hybridized carbons (Fsp3) is 0.333. The summed E-state index contributed by atoms with van der Waals surface area (Å²) >= 11 is 6.07.